The van der Waals surface area contributed by atoms with Crippen molar-refractivity contribution in [2.24, 2.45) is 11.7 Å². The van der Waals surface area contributed by atoms with Gasteiger partial charge in [-0.1, -0.05) is 12.1 Å². The van der Waals surface area contributed by atoms with Crippen LogP contribution in [0.3, 0.4) is 0 Å². The number of nitrogens with one attached hydrogen (secondary N) is 1. The van der Waals surface area contributed by atoms with Crippen LogP contribution >= 0.6 is 0 Å². The number of carboxylic acid groups (broad SMARTS) is 1. The summed E-state index contributed by atoms with van der Waals surface area (Å²) in [5, 5.41) is 22.2. The lowest BCUT2D eigenvalue weighted by atomic mass is 9.72. The van der Waals surface area contributed by atoms with Crippen molar-refractivity contribution in [3.63, 3.8) is 0 Å². The van der Waals surface area contributed by atoms with Gasteiger partial charge in [0.1, 0.15) is 5.75 Å². The molecule has 8 heteroatoms. The standard InChI is InChI=1S/C17H23BN2O5/c19-12-6-4-10(5-7-12)8-15(21)20-14-9-11-2-1-3-13(17(22)23)16(11)25-18(14)24/h1-3,10,12,14,24H,4-9,19H2,(H,20,21)(H,22,23)/t10-,12-,14-/m1/s1. The van der Waals surface area contributed by atoms with Gasteiger partial charge in [-0.05, 0) is 49.7 Å². The number of carbonyl (C=O) groups is 2. The van der Waals surface area contributed by atoms with Gasteiger partial charge in [0.2, 0.25) is 5.91 Å². The Bertz CT molecular complexity index is 660. The summed E-state index contributed by atoms with van der Waals surface area (Å²) in [6, 6.07) is 5.05. The molecule has 0 radical (unpaired) electrons. The second-order valence-electron chi connectivity index (χ2n) is 6.97. The number of fused-ring (bicyclic) bond motifs is 1. The van der Waals surface area contributed by atoms with E-state index >= 15 is 0 Å². The lowest BCUT2D eigenvalue weighted by Crippen LogP contribution is -2.53. The number of rotatable bonds is 4. The Morgan fingerprint density at radius 1 is 1.28 bits per heavy atom. The van der Waals surface area contributed by atoms with Crippen molar-refractivity contribution < 1.29 is 24.4 Å². The first-order valence-corrected chi connectivity index (χ1v) is 8.69. The van der Waals surface area contributed by atoms with Gasteiger partial charge in [-0.15, -0.1) is 0 Å². The summed E-state index contributed by atoms with van der Waals surface area (Å²) < 4.78 is 5.39. The highest BCUT2D eigenvalue weighted by Crippen LogP contribution is 2.30. The zero-order valence-corrected chi connectivity index (χ0v) is 14.0. The number of para-hydroxylation sites is 1. The summed E-state index contributed by atoms with van der Waals surface area (Å²) in [6.07, 6.45) is 4.53. The van der Waals surface area contributed by atoms with Crippen molar-refractivity contribution in [2.75, 3.05) is 0 Å². The van der Waals surface area contributed by atoms with Crippen LogP contribution in [-0.4, -0.2) is 41.1 Å². The van der Waals surface area contributed by atoms with E-state index in [2.05, 4.69) is 5.32 Å². The zero-order chi connectivity index (χ0) is 18.0. The smallest absolute Gasteiger partial charge is 0.534 e. The molecule has 7 nitrogen and oxygen atoms in total. The van der Waals surface area contributed by atoms with Crippen LogP contribution in [0.25, 0.3) is 0 Å². The van der Waals surface area contributed by atoms with E-state index < -0.39 is 19.0 Å². The van der Waals surface area contributed by atoms with Crippen LogP contribution in [0.1, 0.15) is 48.0 Å². The SMILES string of the molecule is N[C@H]1CC[C@H](CC(=O)N[C@@H]2Cc3cccc(C(=O)O)c3OB2O)CC1. The number of carboxylic acids is 1. The predicted octanol–water partition coefficient (Wildman–Crippen LogP) is 0.732. The van der Waals surface area contributed by atoms with Gasteiger partial charge in [-0.2, -0.15) is 0 Å². The van der Waals surface area contributed by atoms with Gasteiger partial charge in [0.15, 0.2) is 0 Å². The molecule has 1 aliphatic carbocycles. The van der Waals surface area contributed by atoms with E-state index in [0.717, 1.165) is 25.7 Å². The Morgan fingerprint density at radius 2 is 2.00 bits per heavy atom. The highest BCUT2D eigenvalue weighted by molar-refractivity contribution is 6.47. The number of aromatic carboxylic acids is 1. The summed E-state index contributed by atoms with van der Waals surface area (Å²) in [4.78, 5) is 23.5. The van der Waals surface area contributed by atoms with Crippen LogP contribution < -0.4 is 15.7 Å². The largest absolute Gasteiger partial charge is 0.547 e. The Kier molecular flexibility index (Phi) is 5.29. The molecule has 134 valence electrons. The molecule has 1 aliphatic heterocycles. The second kappa shape index (κ2) is 7.45. The van der Waals surface area contributed by atoms with Crippen molar-refractivity contribution in [3.8, 4) is 5.75 Å². The molecule has 1 saturated carbocycles. The first-order valence-electron chi connectivity index (χ1n) is 8.69. The molecule has 1 aromatic carbocycles. The lowest BCUT2D eigenvalue weighted by molar-refractivity contribution is -0.122. The molecule has 0 bridgehead atoms. The summed E-state index contributed by atoms with van der Waals surface area (Å²) in [6.45, 7) is 0. The van der Waals surface area contributed by atoms with Crippen molar-refractivity contribution >= 4 is 19.0 Å². The molecule has 0 spiro atoms. The minimum Gasteiger partial charge on any atom is -0.534 e. The van der Waals surface area contributed by atoms with E-state index in [4.69, 9.17) is 10.4 Å². The normalized spacial score (nSPS) is 25.7. The molecule has 2 aliphatic rings. The van der Waals surface area contributed by atoms with Gasteiger partial charge >= 0.3 is 13.1 Å². The molecule has 1 heterocycles. The molecule has 0 aromatic heterocycles. The fourth-order valence-electron chi connectivity index (χ4n) is 3.64. The summed E-state index contributed by atoms with van der Waals surface area (Å²) in [7, 11) is -1.27. The average molecular weight is 346 g/mol. The number of hydrogen-bond acceptors (Lipinski definition) is 5. The highest BCUT2D eigenvalue weighted by Gasteiger charge is 2.38. The third kappa shape index (κ3) is 4.14. The number of benzene rings is 1. The molecule has 1 fully saturated rings. The first kappa shape index (κ1) is 17.8. The van der Waals surface area contributed by atoms with Crippen molar-refractivity contribution in [1.29, 1.82) is 0 Å². The molecule has 5 N–H and O–H groups in total. The maximum absolute atomic E-state index is 12.3. The lowest BCUT2D eigenvalue weighted by Gasteiger charge is -2.30. The summed E-state index contributed by atoms with van der Waals surface area (Å²) in [5.74, 6) is -1.32. The number of carbonyl (C=O) groups excluding carboxylic acids is 1. The fourth-order valence-corrected chi connectivity index (χ4v) is 3.64. The van der Waals surface area contributed by atoms with Crippen LogP contribution in [0.4, 0.5) is 0 Å². The van der Waals surface area contributed by atoms with Gasteiger partial charge in [0, 0.05) is 12.5 Å². The third-order valence-corrected chi connectivity index (χ3v) is 5.06. The Morgan fingerprint density at radius 3 is 2.68 bits per heavy atom. The summed E-state index contributed by atoms with van der Waals surface area (Å²) >= 11 is 0. The van der Waals surface area contributed by atoms with E-state index in [0.29, 0.717) is 24.3 Å². The first-order chi connectivity index (χ1) is 11.9. The highest BCUT2D eigenvalue weighted by atomic mass is 16.5. The van der Waals surface area contributed by atoms with Gasteiger partial charge in [-0.25, -0.2) is 4.79 Å². The number of hydrogen-bond donors (Lipinski definition) is 4. The van der Waals surface area contributed by atoms with Crippen LogP contribution in [-0.2, 0) is 11.2 Å². The molecule has 3 rings (SSSR count). The van der Waals surface area contributed by atoms with Crippen molar-refractivity contribution in [2.45, 2.75) is 50.5 Å². The van der Waals surface area contributed by atoms with Crippen molar-refractivity contribution in [3.05, 3.63) is 29.3 Å². The van der Waals surface area contributed by atoms with Gasteiger partial charge in [0.25, 0.3) is 0 Å². The van der Waals surface area contributed by atoms with E-state index in [9.17, 15) is 19.7 Å². The van der Waals surface area contributed by atoms with Crippen molar-refractivity contribution in [1.82, 2.24) is 5.32 Å². The maximum Gasteiger partial charge on any atom is 0.547 e. The van der Waals surface area contributed by atoms with Crippen LogP contribution in [0.5, 0.6) is 5.75 Å². The predicted molar refractivity (Wildman–Crippen MR) is 92.2 cm³/mol. The minimum absolute atomic E-state index is 0.0138. The number of amides is 1. The van der Waals surface area contributed by atoms with Crippen LogP contribution in [0.15, 0.2) is 18.2 Å². The monoisotopic (exact) mass is 346 g/mol. The van der Waals surface area contributed by atoms with Gasteiger partial charge < -0.3 is 25.8 Å². The third-order valence-electron chi connectivity index (χ3n) is 5.06. The zero-order valence-electron chi connectivity index (χ0n) is 14.0. The maximum atomic E-state index is 12.3. The summed E-state index contributed by atoms with van der Waals surface area (Å²) in [5.41, 5.74) is 6.56. The average Bonchev–Trinajstić information content (AvgIpc) is 2.57. The molecule has 1 aromatic rings. The van der Waals surface area contributed by atoms with E-state index in [-0.39, 0.29) is 23.3 Å². The Labute approximate surface area is 146 Å². The van der Waals surface area contributed by atoms with Crippen LogP contribution in [0, 0.1) is 5.92 Å². The van der Waals surface area contributed by atoms with Gasteiger partial charge in [-0.3, -0.25) is 4.79 Å². The van der Waals surface area contributed by atoms with E-state index in [1.807, 2.05) is 0 Å². The minimum atomic E-state index is -1.27. The Hall–Kier alpha value is -2.06. The molecule has 1 atom stereocenters. The topological polar surface area (TPSA) is 122 Å². The fraction of sp³-hybridized carbons (Fsp3) is 0.529. The van der Waals surface area contributed by atoms with E-state index in [1.54, 1.807) is 12.1 Å². The molecular formula is C17H23BN2O5. The molecule has 0 unspecified atom stereocenters. The van der Waals surface area contributed by atoms with E-state index in [1.165, 1.54) is 6.07 Å². The second-order valence-corrected chi connectivity index (χ2v) is 6.97. The molecule has 0 saturated heterocycles. The molecular weight excluding hydrogens is 323 g/mol. The Balaban J connectivity index is 1.61. The number of nitrogens with two attached hydrogens (primary N) is 1. The molecule has 25 heavy (non-hydrogen) atoms. The van der Waals surface area contributed by atoms with Gasteiger partial charge in [0.05, 0.1) is 11.5 Å². The molecule has 1 amide bonds. The quantitative estimate of drug-likeness (QED) is 0.597. The van der Waals surface area contributed by atoms with Crippen LogP contribution in [0.2, 0.25) is 0 Å².